The molecule has 130 valence electrons. The number of rotatable bonds is 7. The number of nitrogens with one attached hydrogen (secondary N) is 1. The molecule has 0 spiro atoms. The van der Waals surface area contributed by atoms with Gasteiger partial charge in [-0.3, -0.25) is 4.79 Å². The van der Waals surface area contributed by atoms with Gasteiger partial charge in [-0.25, -0.2) is 0 Å². The SMILES string of the molecule is COc1ccc2nnc(CCC(=O)NCc3ccccc3OC)n2n1. The number of hydrogen-bond donors (Lipinski definition) is 1. The monoisotopic (exact) mass is 341 g/mol. The number of benzene rings is 1. The van der Waals surface area contributed by atoms with E-state index in [4.69, 9.17) is 9.47 Å². The predicted octanol–water partition coefficient (Wildman–Crippen LogP) is 1.39. The Morgan fingerprint density at radius 3 is 2.76 bits per heavy atom. The third kappa shape index (κ3) is 3.85. The maximum absolute atomic E-state index is 12.1. The van der Waals surface area contributed by atoms with Gasteiger partial charge in [-0.1, -0.05) is 18.2 Å². The Morgan fingerprint density at radius 2 is 1.96 bits per heavy atom. The summed E-state index contributed by atoms with van der Waals surface area (Å²) < 4.78 is 12.0. The third-order valence-electron chi connectivity index (χ3n) is 3.76. The van der Waals surface area contributed by atoms with Gasteiger partial charge in [0.2, 0.25) is 11.8 Å². The molecule has 3 aromatic rings. The van der Waals surface area contributed by atoms with Crippen molar-refractivity contribution in [1.29, 1.82) is 0 Å². The number of aromatic nitrogens is 4. The normalized spacial score (nSPS) is 10.6. The molecule has 1 amide bonds. The number of hydrogen-bond acceptors (Lipinski definition) is 6. The van der Waals surface area contributed by atoms with E-state index in [1.54, 1.807) is 30.9 Å². The summed E-state index contributed by atoms with van der Waals surface area (Å²) in [5, 5.41) is 15.3. The van der Waals surface area contributed by atoms with Gasteiger partial charge < -0.3 is 14.8 Å². The molecule has 0 atom stereocenters. The van der Waals surface area contributed by atoms with Gasteiger partial charge >= 0.3 is 0 Å². The Hall–Kier alpha value is -3.16. The minimum atomic E-state index is -0.0782. The Labute approximate surface area is 144 Å². The Morgan fingerprint density at radius 1 is 1.12 bits per heavy atom. The number of nitrogens with zero attached hydrogens (tertiary/aromatic N) is 4. The molecule has 8 heteroatoms. The van der Waals surface area contributed by atoms with Crippen molar-refractivity contribution in [2.45, 2.75) is 19.4 Å². The molecular weight excluding hydrogens is 322 g/mol. The number of aryl methyl sites for hydroxylation is 1. The Bertz CT molecular complexity index is 878. The fraction of sp³-hybridized carbons (Fsp3) is 0.294. The Balaban J connectivity index is 1.59. The van der Waals surface area contributed by atoms with Gasteiger partial charge in [0, 0.05) is 31.0 Å². The molecule has 8 nitrogen and oxygen atoms in total. The molecule has 0 aliphatic heterocycles. The lowest BCUT2D eigenvalue weighted by atomic mass is 10.2. The van der Waals surface area contributed by atoms with E-state index in [2.05, 4.69) is 20.6 Å². The highest BCUT2D eigenvalue weighted by Crippen LogP contribution is 2.16. The number of ether oxygens (including phenoxy) is 2. The van der Waals surface area contributed by atoms with Gasteiger partial charge in [0.1, 0.15) is 5.75 Å². The maximum atomic E-state index is 12.1. The molecule has 0 saturated heterocycles. The molecule has 0 saturated carbocycles. The summed E-state index contributed by atoms with van der Waals surface area (Å²) in [5.41, 5.74) is 1.54. The van der Waals surface area contributed by atoms with Crippen LogP contribution in [0.2, 0.25) is 0 Å². The van der Waals surface area contributed by atoms with Gasteiger partial charge in [-0.15, -0.1) is 15.3 Å². The lowest BCUT2D eigenvalue weighted by molar-refractivity contribution is -0.121. The molecule has 1 aromatic carbocycles. The van der Waals surface area contributed by atoms with E-state index in [0.717, 1.165) is 11.3 Å². The maximum Gasteiger partial charge on any atom is 0.231 e. The van der Waals surface area contributed by atoms with E-state index in [0.29, 0.717) is 30.3 Å². The number of para-hydroxylation sites is 1. The lowest BCUT2D eigenvalue weighted by Gasteiger charge is -2.09. The van der Waals surface area contributed by atoms with Crippen LogP contribution in [0.4, 0.5) is 0 Å². The fourth-order valence-corrected chi connectivity index (χ4v) is 2.44. The minimum Gasteiger partial charge on any atom is -0.496 e. The first kappa shape index (κ1) is 16.7. The van der Waals surface area contributed by atoms with Crippen molar-refractivity contribution in [3.8, 4) is 11.6 Å². The highest BCUT2D eigenvalue weighted by Gasteiger charge is 2.11. The van der Waals surface area contributed by atoms with Crippen molar-refractivity contribution in [3.05, 3.63) is 47.8 Å². The average Bonchev–Trinajstić information content (AvgIpc) is 3.07. The molecular formula is C17H19N5O3. The lowest BCUT2D eigenvalue weighted by Crippen LogP contribution is -2.23. The number of amides is 1. The molecule has 2 aromatic heterocycles. The van der Waals surface area contributed by atoms with Crippen molar-refractivity contribution in [2.24, 2.45) is 0 Å². The second-order valence-corrected chi connectivity index (χ2v) is 5.35. The van der Waals surface area contributed by atoms with Gasteiger partial charge in [0.05, 0.1) is 14.2 Å². The van der Waals surface area contributed by atoms with Crippen molar-refractivity contribution in [3.63, 3.8) is 0 Å². The quantitative estimate of drug-likeness (QED) is 0.698. The Kier molecular flexibility index (Phi) is 5.08. The van der Waals surface area contributed by atoms with Crippen LogP contribution >= 0.6 is 0 Å². The van der Waals surface area contributed by atoms with Crippen LogP contribution in [-0.4, -0.2) is 39.9 Å². The van der Waals surface area contributed by atoms with Crippen molar-refractivity contribution >= 4 is 11.6 Å². The summed E-state index contributed by atoms with van der Waals surface area (Å²) in [6.45, 7) is 0.412. The van der Waals surface area contributed by atoms with Crippen LogP contribution in [0.25, 0.3) is 5.65 Å². The van der Waals surface area contributed by atoms with Gasteiger partial charge in [-0.2, -0.15) is 4.52 Å². The standard InChI is InChI=1S/C17H19N5O3/c1-24-13-6-4-3-5-12(13)11-18-16(23)9-7-14-19-20-15-8-10-17(25-2)21-22(14)15/h3-6,8,10H,7,9,11H2,1-2H3,(H,18,23). The molecule has 0 radical (unpaired) electrons. The van der Waals surface area contributed by atoms with Crippen LogP contribution < -0.4 is 14.8 Å². The molecule has 0 fully saturated rings. The van der Waals surface area contributed by atoms with Crippen LogP contribution in [0.15, 0.2) is 36.4 Å². The first-order valence-corrected chi connectivity index (χ1v) is 7.85. The highest BCUT2D eigenvalue weighted by molar-refractivity contribution is 5.76. The van der Waals surface area contributed by atoms with E-state index in [1.807, 2.05) is 24.3 Å². The fourth-order valence-electron chi connectivity index (χ4n) is 2.44. The van der Waals surface area contributed by atoms with E-state index < -0.39 is 0 Å². The summed E-state index contributed by atoms with van der Waals surface area (Å²) in [6, 6.07) is 11.1. The van der Waals surface area contributed by atoms with Gasteiger partial charge in [-0.05, 0) is 12.1 Å². The molecule has 0 aliphatic rings. The number of carbonyl (C=O) groups is 1. The second kappa shape index (κ2) is 7.61. The van der Waals surface area contributed by atoms with E-state index >= 15 is 0 Å². The van der Waals surface area contributed by atoms with E-state index in [9.17, 15) is 4.79 Å². The van der Waals surface area contributed by atoms with E-state index in [-0.39, 0.29) is 12.3 Å². The molecule has 0 unspecified atom stereocenters. The highest BCUT2D eigenvalue weighted by atomic mass is 16.5. The average molecular weight is 341 g/mol. The molecule has 0 aliphatic carbocycles. The van der Waals surface area contributed by atoms with Crippen molar-refractivity contribution in [2.75, 3.05) is 14.2 Å². The first-order valence-electron chi connectivity index (χ1n) is 7.85. The second-order valence-electron chi connectivity index (χ2n) is 5.35. The van der Waals surface area contributed by atoms with Crippen molar-refractivity contribution in [1.82, 2.24) is 25.1 Å². The van der Waals surface area contributed by atoms with Crippen LogP contribution in [0.3, 0.4) is 0 Å². The molecule has 2 heterocycles. The largest absolute Gasteiger partial charge is 0.496 e. The van der Waals surface area contributed by atoms with Crippen molar-refractivity contribution < 1.29 is 14.3 Å². The van der Waals surface area contributed by atoms with Gasteiger partial charge in [0.15, 0.2) is 11.5 Å². The number of carbonyl (C=O) groups excluding carboxylic acids is 1. The van der Waals surface area contributed by atoms with Gasteiger partial charge in [0.25, 0.3) is 0 Å². The summed E-state index contributed by atoms with van der Waals surface area (Å²) in [4.78, 5) is 12.1. The zero-order valence-electron chi connectivity index (χ0n) is 14.1. The summed E-state index contributed by atoms with van der Waals surface area (Å²) in [6.07, 6.45) is 0.716. The van der Waals surface area contributed by atoms with Crippen LogP contribution in [0.5, 0.6) is 11.6 Å². The zero-order chi connectivity index (χ0) is 17.6. The zero-order valence-corrected chi connectivity index (χ0v) is 14.1. The molecule has 3 rings (SSSR count). The van der Waals surface area contributed by atoms with E-state index in [1.165, 1.54) is 0 Å². The topological polar surface area (TPSA) is 90.6 Å². The van der Waals surface area contributed by atoms with Crippen LogP contribution in [-0.2, 0) is 17.8 Å². The van der Waals surface area contributed by atoms with Crippen LogP contribution in [0, 0.1) is 0 Å². The predicted molar refractivity (Wildman–Crippen MR) is 90.5 cm³/mol. The summed E-state index contributed by atoms with van der Waals surface area (Å²) in [7, 11) is 3.15. The first-order chi connectivity index (χ1) is 12.2. The van der Waals surface area contributed by atoms with Crippen LogP contribution in [0.1, 0.15) is 17.8 Å². The summed E-state index contributed by atoms with van der Waals surface area (Å²) in [5.74, 6) is 1.75. The smallest absolute Gasteiger partial charge is 0.231 e. The minimum absolute atomic E-state index is 0.0782. The molecule has 1 N–H and O–H groups in total. The molecule has 25 heavy (non-hydrogen) atoms. The molecule has 0 bridgehead atoms. The summed E-state index contributed by atoms with van der Waals surface area (Å²) >= 11 is 0. The number of methoxy groups -OCH3 is 2. The number of fused-ring (bicyclic) bond motifs is 1. The third-order valence-corrected chi connectivity index (χ3v) is 3.76.